The molecule has 0 aromatic carbocycles. The SMILES string of the molecule is C[C@H]1CN=CN1CCC1CCCC1. The predicted octanol–water partition coefficient (Wildman–Crippen LogP) is 2.30. The third-order valence-electron chi connectivity index (χ3n) is 3.44. The Kier molecular flexibility index (Phi) is 2.87. The number of nitrogens with zero attached hydrogens (tertiary/aromatic N) is 2. The van der Waals surface area contributed by atoms with Gasteiger partial charge in [-0.05, 0) is 19.3 Å². The fraction of sp³-hybridized carbons (Fsp3) is 0.909. The normalized spacial score (nSPS) is 29.0. The highest BCUT2D eigenvalue weighted by Gasteiger charge is 2.19. The van der Waals surface area contributed by atoms with Gasteiger partial charge in [0, 0.05) is 12.6 Å². The van der Waals surface area contributed by atoms with E-state index in [0.717, 1.165) is 12.5 Å². The molecule has 0 N–H and O–H groups in total. The van der Waals surface area contributed by atoms with Crippen LogP contribution in [-0.2, 0) is 0 Å². The first-order valence-electron chi connectivity index (χ1n) is 5.62. The molecule has 0 amide bonds. The smallest absolute Gasteiger partial charge is 0.0853 e. The molecule has 1 aliphatic carbocycles. The van der Waals surface area contributed by atoms with E-state index in [9.17, 15) is 0 Å². The van der Waals surface area contributed by atoms with Gasteiger partial charge in [0.15, 0.2) is 0 Å². The zero-order chi connectivity index (χ0) is 9.10. The van der Waals surface area contributed by atoms with Crippen molar-refractivity contribution in [2.24, 2.45) is 10.9 Å². The maximum absolute atomic E-state index is 4.29. The summed E-state index contributed by atoms with van der Waals surface area (Å²) in [7, 11) is 0. The highest BCUT2D eigenvalue weighted by atomic mass is 15.2. The van der Waals surface area contributed by atoms with Gasteiger partial charge in [0.05, 0.1) is 12.9 Å². The predicted molar refractivity (Wildman–Crippen MR) is 56.1 cm³/mol. The molecule has 1 atom stereocenters. The molecule has 2 heteroatoms. The van der Waals surface area contributed by atoms with E-state index in [4.69, 9.17) is 0 Å². The van der Waals surface area contributed by atoms with E-state index >= 15 is 0 Å². The van der Waals surface area contributed by atoms with Crippen LogP contribution in [0.1, 0.15) is 39.0 Å². The van der Waals surface area contributed by atoms with Gasteiger partial charge in [-0.15, -0.1) is 0 Å². The monoisotopic (exact) mass is 180 g/mol. The van der Waals surface area contributed by atoms with Crippen LogP contribution in [-0.4, -0.2) is 30.4 Å². The average molecular weight is 180 g/mol. The maximum atomic E-state index is 4.29. The second kappa shape index (κ2) is 4.12. The van der Waals surface area contributed by atoms with E-state index in [2.05, 4.69) is 16.8 Å². The molecule has 0 aromatic heterocycles. The lowest BCUT2D eigenvalue weighted by Gasteiger charge is -2.22. The van der Waals surface area contributed by atoms with E-state index < -0.39 is 0 Å². The molecule has 0 bridgehead atoms. The average Bonchev–Trinajstić information content (AvgIpc) is 2.72. The van der Waals surface area contributed by atoms with E-state index in [1.54, 1.807) is 0 Å². The minimum Gasteiger partial charge on any atom is -0.358 e. The first kappa shape index (κ1) is 9.04. The molecule has 2 rings (SSSR count). The summed E-state index contributed by atoms with van der Waals surface area (Å²) < 4.78 is 0. The summed E-state index contributed by atoms with van der Waals surface area (Å²) in [5.74, 6) is 1.01. The van der Waals surface area contributed by atoms with Crippen molar-refractivity contribution in [3.8, 4) is 0 Å². The Morgan fingerprint density at radius 3 is 2.77 bits per heavy atom. The lowest BCUT2D eigenvalue weighted by molar-refractivity contribution is 0.332. The number of hydrogen-bond donors (Lipinski definition) is 0. The van der Waals surface area contributed by atoms with Crippen LogP contribution < -0.4 is 0 Å². The van der Waals surface area contributed by atoms with Gasteiger partial charge in [0.25, 0.3) is 0 Å². The van der Waals surface area contributed by atoms with Gasteiger partial charge in [0.2, 0.25) is 0 Å². The van der Waals surface area contributed by atoms with Crippen molar-refractivity contribution >= 4 is 6.34 Å². The second-order valence-electron chi connectivity index (χ2n) is 4.51. The third kappa shape index (κ3) is 2.23. The summed E-state index contributed by atoms with van der Waals surface area (Å²) in [6.07, 6.45) is 9.30. The van der Waals surface area contributed by atoms with Crippen molar-refractivity contribution in [1.29, 1.82) is 0 Å². The first-order chi connectivity index (χ1) is 6.36. The van der Waals surface area contributed by atoms with Crippen molar-refractivity contribution in [3.05, 3.63) is 0 Å². The van der Waals surface area contributed by atoms with Crippen LogP contribution in [0.4, 0.5) is 0 Å². The molecule has 0 unspecified atom stereocenters. The van der Waals surface area contributed by atoms with Crippen LogP contribution in [0.3, 0.4) is 0 Å². The quantitative estimate of drug-likeness (QED) is 0.650. The molecule has 1 saturated carbocycles. The minimum atomic E-state index is 0.654. The summed E-state index contributed by atoms with van der Waals surface area (Å²) in [4.78, 5) is 6.69. The van der Waals surface area contributed by atoms with Crippen molar-refractivity contribution in [2.75, 3.05) is 13.1 Å². The molecule has 13 heavy (non-hydrogen) atoms. The van der Waals surface area contributed by atoms with E-state index in [0.29, 0.717) is 6.04 Å². The number of rotatable bonds is 3. The highest BCUT2D eigenvalue weighted by Crippen LogP contribution is 2.27. The Morgan fingerprint density at radius 2 is 2.15 bits per heavy atom. The summed E-state index contributed by atoms with van der Waals surface area (Å²) in [5.41, 5.74) is 0. The molecule has 0 saturated heterocycles. The van der Waals surface area contributed by atoms with Crippen LogP contribution in [0.5, 0.6) is 0 Å². The topological polar surface area (TPSA) is 15.6 Å². The number of hydrogen-bond acceptors (Lipinski definition) is 2. The fourth-order valence-electron chi connectivity index (χ4n) is 2.43. The Hall–Kier alpha value is -0.530. The van der Waals surface area contributed by atoms with Gasteiger partial charge >= 0.3 is 0 Å². The van der Waals surface area contributed by atoms with Crippen LogP contribution in [0.25, 0.3) is 0 Å². The van der Waals surface area contributed by atoms with Gasteiger partial charge in [-0.3, -0.25) is 4.99 Å². The molecule has 0 aromatic rings. The zero-order valence-corrected chi connectivity index (χ0v) is 8.58. The largest absolute Gasteiger partial charge is 0.358 e. The molecule has 0 radical (unpaired) electrons. The standard InChI is InChI=1S/C11H20N2/c1-10-8-12-9-13(10)7-6-11-4-2-3-5-11/h9-11H,2-8H2,1H3/t10-/m0/s1. The Morgan fingerprint density at radius 1 is 1.38 bits per heavy atom. The highest BCUT2D eigenvalue weighted by molar-refractivity contribution is 5.57. The minimum absolute atomic E-state index is 0.654. The van der Waals surface area contributed by atoms with Crippen molar-refractivity contribution in [2.45, 2.75) is 45.1 Å². The summed E-state index contributed by atoms with van der Waals surface area (Å²) in [6, 6.07) is 0.654. The second-order valence-corrected chi connectivity index (χ2v) is 4.51. The fourth-order valence-corrected chi connectivity index (χ4v) is 2.43. The Bertz CT molecular complexity index is 183. The van der Waals surface area contributed by atoms with Crippen LogP contribution in [0, 0.1) is 5.92 Å². The third-order valence-corrected chi connectivity index (χ3v) is 3.44. The molecule has 1 aliphatic heterocycles. The van der Waals surface area contributed by atoms with Crippen LogP contribution in [0.2, 0.25) is 0 Å². The molecule has 2 aliphatic rings. The molecule has 0 spiro atoms. The number of aliphatic imine (C=N–C) groups is 1. The zero-order valence-electron chi connectivity index (χ0n) is 8.58. The van der Waals surface area contributed by atoms with Gasteiger partial charge in [-0.2, -0.15) is 0 Å². The van der Waals surface area contributed by atoms with Gasteiger partial charge in [-0.1, -0.05) is 25.7 Å². The van der Waals surface area contributed by atoms with E-state index in [1.165, 1.54) is 38.6 Å². The summed E-state index contributed by atoms with van der Waals surface area (Å²) in [6.45, 7) is 4.50. The molecule has 2 nitrogen and oxygen atoms in total. The molecule has 74 valence electrons. The maximum Gasteiger partial charge on any atom is 0.0853 e. The molecule has 1 heterocycles. The van der Waals surface area contributed by atoms with Gasteiger partial charge < -0.3 is 4.90 Å². The molecular formula is C11H20N2. The van der Waals surface area contributed by atoms with Crippen molar-refractivity contribution in [3.63, 3.8) is 0 Å². The van der Waals surface area contributed by atoms with Crippen molar-refractivity contribution in [1.82, 2.24) is 4.90 Å². The van der Waals surface area contributed by atoms with Crippen LogP contribution >= 0.6 is 0 Å². The molecule has 1 fully saturated rings. The Labute approximate surface area is 81.0 Å². The summed E-state index contributed by atoms with van der Waals surface area (Å²) in [5, 5.41) is 0. The van der Waals surface area contributed by atoms with Gasteiger partial charge in [-0.25, -0.2) is 0 Å². The van der Waals surface area contributed by atoms with Gasteiger partial charge in [0.1, 0.15) is 0 Å². The van der Waals surface area contributed by atoms with E-state index in [1.807, 2.05) is 6.34 Å². The molecular weight excluding hydrogens is 160 g/mol. The Balaban J connectivity index is 1.69. The summed E-state index contributed by atoms with van der Waals surface area (Å²) >= 11 is 0. The lowest BCUT2D eigenvalue weighted by Crippen LogP contribution is -2.30. The van der Waals surface area contributed by atoms with Crippen LogP contribution in [0.15, 0.2) is 4.99 Å². The lowest BCUT2D eigenvalue weighted by atomic mass is 10.0. The van der Waals surface area contributed by atoms with Crippen molar-refractivity contribution < 1.29 is 0 Å². The van der Waals surface area contributed by atoms with E-state index in [-0.39, 0.29) is 0 Å². The first-order valence-corrected chi connectivity index (χ1v) is 5.62.